The number of hydrogen-bond acceptors (Lipinski definition) is 8. The number of nitrogens with one attached hydrogen (secondary N) is 1. The number of nitrogens with zero attached hydrogens (tertiary/aromatic N) is 8. The highest BCUT2D eigenvalue weighted by Gasteiger charge is 2.34. The quantitative estimate of drug-likeness (QED) is 0.610. The van der Waals surface area contributed by atoms with Crippen molar-refractivity contribution in [2.75, 3.05) is 31.5 Å². The van der Waals surface area contributed by atoms with E-state index in [0.717, 1.165) is 43.2 Å². The van der Waals surface area contributed by atoms with Gasteiger partial charge in [0, 0.05) is 44.6 Å². The maximum atomic E-state index is 13.4. The van der Waals surface area contributed by atoms with E-state index in [1.165, 1.54) is 19.2 Å². The molecule has 0 bridgehead atoms. The van der Waals surface area contributed by atoms with Crippen molar-refractivity contribution in [2.45, 2.75) is 58.7 Å². The topological polar surface area (TPSA) is 105 Å². The normalized spacial score (nSPS) is 19.6. The number of carbonyl (C=O) groups excluding carboxylic acids is 1. The van der Waals surface area contributed by atoms with Gasteiger partial charge in [-0.3, -0.25) is 9.69 Å². The number of amides is 1. The van der Waals surface area contributed by atoms with E-state index in [2.05, 4.69) is 37.1 Å². The van der Waals surface area contributed by atoms with Crippen molar-refractivity contribution >= 4 is 22.9 Å². The molecule has 5 heterocycles. The van der Waals surface area contributed by atoms with Crippen LogP contribution in [0, 0.1) is 6.92 Å². The predicted octanol–water partition coefficient (Wildman–Crippen LogP) is 2.11. The summed E-state index contributed by atoms with van der Waals surface area (Å²) in [6, 6.07) is 0.152. The van der Waals surface area contributed by atoms with Crippen LogP contribution in [0.25, 0.3) is 22.6 Å². The zero-order chi connectivity index (χ0) is 22.9. The van der Waals surface area contributed by atoms with Crippen molar-refractivity contribution in [1.82, 2.24) is 39.3 Å². The number of aryl methyl sites for hydroxylation is 2. The second kappa shape index (κ2) is 9.01. The zero-order valence-corrected chi connectivity index (χ0v) is 19.5. The van der Waals surface area contributed by atoms with Crippen molar-refractivity contribution in [3.05, 3.63) is 24.5 Å². The molecule has 2 unspecified atom stereocenters. The van der Waals surface area contributed by atoms with E-state index in [-0.39, 0.29) is 11.9 Å². The van der Waals surface area contributed by atoms with Crippen molar-refractivity contribution in [3.63, 3.8) is 0 Å². The van der Waals surface area contributed by atoms with Crippen LogP contribution in [0.3, 0.4) is 0 Å². The molecule has 3 aromatic heterocycles. The van der Waals surface area contributed by atoms with E-state index in [9.17, 15) is 4.79 Å². The maximum absolute atomic E-state index is 13.4. The van der Waals surface area contributed by atoms with Crippen molar-refractivity contribution in [2.24, 2.45) is 0 Å². The molecular formula is C23H31N9O. The lowest BCUT2D eigenvalue weighted by molar-refractivity contribution is -0.134. The van der Waals surface area contributed by atoms with Crippen molar-refractivity contribution in [1.29, 1.82) is 0 Å². The molecule has 1 amide bonds. The Morgan fingerprint density at radius 2 is 1.97 bits per heavy atom. The Morgan fingerprint density at radius 3 is 2.73 bits per heavy atom. The van der Waals surface area contributed by atoms with E-state index >= 15 is 0 Å². The van der Waals surface area contributed by atoms with E-state index in [4.69, 9.17) is 4.98 Å². The number of anilines is 1. The van der Waals surface area contributed by atoms with Gasteiger partial charge in [0.15, 0.2) is 17.0 Å². The van der Waals surface area contributed by atoms with Crippen LogP contribution in [0.15, 0.2) is 18.7 Å². The molecule has 0 aromatic carbocycles. The minimum atomic E-state index is -0.353. The summed E-state index contributed by atoms with van der Waals surface area (Å²) < 4.78 is 2.03. The van der Waals surface area contributed by atoms with Gasteiger partial charge in [0.1, 0.15) is 24.0 Å². The number of fused-ring (bicyclic) bond motifs is 2. The molecule has 2 aliphatic heterocycles. The summed E-state index contributed by atoms with van der Waals surface area (Å²) in [6.07, 6.45) is 8.16. The zero-order valence-electron chi connectivity index (χ0n) is 19.5. The standard InChI is InChI=1S/C23H31N9O/c1-4-18(23(33)31-10-9-30-8-6-7-17(30)13-31)28-20-19-22(27-14-26-20)32(5-2)21(29-19)16-11-24-15(3)25-12-16/h11-12,14,17-18H,4-10,13H2,1-3H3,(H,26,27,28). The van der Waals surface area contributed by atoms with Crippen LogP contribution in [0.2, 0.25) is 0 Å². The molecule has 0 radical (unpaired) electrons. The molecule has 33 heavy (non-hydrogen) atoms. The van der Waals surface area contributed by atoms with Gasteiger partial charge in [0.05, 0.1) is 5.56 Å². The lowest BCUT2D eigenvalue weighted by atomic mass is 10.1. The maximum Gasteiger partial charge on any atom is 0.245 e. The predicted molar refractivity (Wildman–Crippen MR) is 126 cm³/mol. The highest BCUT2D eigenvalue weighted by molar-refractivity contribution is 5.90. The van der Waals surface area contributed by atoms with Crippen LogP contribution < -0.4 is 5.32 Å². The summed E-state index contributed by atoms with van der Waals surface area (Å²) in [5.74, 6) is 2.18. The minimum Gasteiger partial charge on any atom is -0.356 e. The van der Waals surface area contributed by atoms with E-state index in [1.807, 2.05) is 23.3 Å². The van der Waals surface area contributed by atoms with Gasteiger partial charge in [-0.1, -0.05) is 6.92 Å². The molecule has 2 fully saturated rings. The van der Waals surface area contributed by atoms with Crippen LogP contribution in [-0.4, -0.2) is 83.5 Å². The summed E-state index contributed by atoms with van der Waals surface area (Å²) >= 11 is 0. The van der Waals surface area contributed by atoms with E-state index in [1.54, 1.807) is 12.4 Å². The van der Waals surface area contributed by atoms with Crippen LogP contribution in [-0.2, 0) is 11.3 Å². The third-order valence-corrected chi connectivity index (χ3v) is 6.80. The first-order valence-corrected chi connectivity index (χ1v) is 11.9. The fourth-order valence-corrected chi connectivity index (χ4v) is 4.99. The van der Waals surface area contributed by atoms with Gasteiger partial charge in [0.25, 0.3) is 0 Å². The van der Waals surface area contributed by atoms with Gasteiger partial charge in [-0.2, -0.15) is 0 Å². The van der Waals surface area contributed by atoms with Gasteiger partial charge in [-0.15, -0.1) is 0 Å². The summed E-state index contributed by atoms with van der Waals surface area (Å²) in [7, 11) is 0. The fraction of sp³-hybridized carbons (Fsp3) is 0.565. The number of carbonyl (C=O) groups is 1. The molecule has 2 atom stereocenters. The fourth-order valence-electron chi connectivity index (χ4n) is 4.99. The Labute approximate surface area is 193 Å². The first-order chi connectivity index (χ1) is 16.1. The van der Waals surface area contributed by atoms with Gasteiger partial charge in [0.2, 0.25) is 5.91 Å². The first kappa shape index (κ1) is 21.7. The lowest BCUT2D eigenvalue weighted by Gasteiger charge is -2.39. The lowest BCUT2D eigenvalue weighted by Crippen LogP contribution is -2.55. The average molecular weight is 450 g/mol. The Balaban J connectivity index is 1.43. The average Bonchev–Trinajstić information content (AvgIpc) is 3.46. The molecule has 5 rings (SSSR count). The monoisotopic (exact) mass is 449 g/mol. The molecule has 10 nitrogen and oxygen atoms in total. The van der Waals surface area contributed by atoms with Crippen molar-refractivity contribution in [3.8, 4) is 11.4 Å². The van der Waals surface area contributed by atoms with Crippen LogP contribution in [0.5, 0.6) is 0 Å². The van der Waals surface area contributed by atoms with E-state index in [0.29, 0.717) is 36.2 Å². The van der Waals surface area contributed by atoms with Crippen LogP contribution in [0.1, 0.15) is 38.9 Å². The Hall–Kier alpha value is -3.14. The third-order valence-electron chi connectivity index (χ3n) is 6.80. The number of rotatable bonds is 6. The molecule has 3 aromatic rings. The summed E-state index contributed by atoms with van der Waals surface area (Å²) in [6.45, 7) is 10.4. The Bertz CT molecular complexity index is 1140. The van der Waals surface area contributed by atoms with Crippen LogP contribution >= 0.6 is 0 Å². The molecule has 1 N–H and O–H groups in total. The highest BCUT2D eigenvalue weighted by Crippen LogP contribution is 2.27. The molecule has 2 aliphatic rings. The van der Waals surface area contributed by atoms with Gasteiger partial charge in [-0.25, -0.2) is 24.9 Å². The summed E-state index contributed by atoms with van der Waals surface area (Å²) in [4.78, 5) is 40.4. The minimum absolute atomic E-state index is 0.137. The highest BCUT2D eigenvalue weighted by atomic mass is 16.2. The molecule has 0 spiro atoms. The second-order valence-corrected chi connectivity index (χ2v) is 8.81. The molecule has 10 heteroatoms. The number of hydrogen-bond donors (Lipinski definition) is 1. The van der Waals surface area contributed by atoms with E-state index < -0.39 is 0 Å². The second-order valence-electron chi connectivity index (χ2n) is 8.81. The first-order valence-electron chi connectivity index (χ1n) is 11.9. The Kier molecular flexibility index (Phi) is 5.92. The van der Waals surface area contributed by atoms with Gasteiger partial charge in [-0.05, 0) is 39.7 Å². The largest absolute Gasteiger partial charge is 0.356 e. The molecule has 0 saturated carbocycles. The number of aromatic nitrogens is 6. The molecular weight excluding hydrogens is 418 g/mol. The SMILES string of the molecule is CCC(Nc1ncnc2c1nc(-c1cnc(C)nc1)n2CC)C(=O)N1CCN2CCCC2C1. The van der Waals surface area contributed by atoms with Gasteiger partial charge < -0.3 is 14.8 Å². The summed E-state index contributed by atoms with van der Waals surface area (Å²) in [5, 5.41) is 3.39. The van der Waals surface area contributed by atoms with Crippen molar-refractivity contribution < 1.29 is 4.79 Å². The number of piperazine rings is 1. The summed E-state index contributed by atoms with van der Waals surface area (Å²) in [5.41, 5.74) is 2.21. The Morgan fingerprint density at radius 1 is 1.15 bits per heavy atom. The molecule has 174 valence electrons. The molecule has 2 saturated heterocycles. The smallest absolute Gasteiger partial charge is 0.245 e. The molecule has 0 aliphatic carbocycles. The van der Waals surface area contributed by atoms with Crippen LogP contribution in [0.4, 0.5) is 5.82 Å². The van der Waals surface area contributed by atoms with Gasteiger partial charge >= 0.3 is 0 Å². The third kappa shape index (κ3) is 4.03. The number of imidazole rings is 1.